The molecule has 4 N–H and O–H groups in total. The van der Waals surface area contributed by atoms with Crippen molar-refractivity contribution in [2.24, 2.45) is 0 Å². The molecular formula is C31H37NO3. The van der Waals surface area contributed by atoms with Crippen molar-refractivity contribution < 1.29 is 15.0 Å². The van der Waals surface area contributed by atoms with Crippen LogP contribution in [0.15, 0.2) is 60.7 Å². The SMILES string of the molecule is CC(=Cc1ccc(C(=O)O)cc1)c1cc2c(cc1C)C(C)(C)CCC2(C)C.Nc1ccc(O)cc1. The van der Waals surface area contributed by atoms with Crippen LogP contribution in [0.5, 0.6) is 5.75 Å². The van der Waals surface area contributed by atoms with E-state index in [1.165, 1.54) is 40.7 Å². The van der Waals surface area contributed by atoms with Gasteiger partial charge in [-0.2, -0.15) is 0 Å². The van der Waals surface area contributed by atoms with E-state index in [1.807, 2.05) is 12.1 Å². The largest absolute Gasteiger partial charge is 0.508 e. The minimum Gasteiger partial charge on any atom is -0.508 e. The number of phenolic OH excluding ortho intramolecular Hbond substituents is 1. The molecule has 0 saturated heterocycles. The van der Waals surface area contributed by atoms with Gasteiger partial charge in [0.05, 0.1) is 5.56 Å². The Bertz CT molecular complexity index is 1210. The number of phenols is 1. The van der Waals surface area contributed by atoms with Crippen LogP contribution in [-0.4, -0.2) is 16.2 Å². The van der Waals surface area contributed by atoms with Gasteiger partial charge in [0, 0.05) is 5.69 Å². The minimum absolute atomic E-state index is 0.191. The average molecular weight is 472 g/mol. The summed E-state index contributed by atoms with van der Waals surface area (Å²) in [5.41, 5.74) is 14.5. The molecule has 0 radical (unpaired) electrons. The highest BCUT2D eigenvalue weighted by Gasteiger charge is 2.37. The number of aromatic carboxylic acids is 1. The third-order valence-electron chi connectivity index (χ3n) is 7.06. The van der Waals surface area contributed by atoms with Gasteiger partial charge in [-0.25, -0.2) is 4.79 Å². The van der Waals surface area contributed by atoms with Crippen LogP contribution >= 0.6 is 0 Å². The fourth-order valence-electron chi connectivity index (χ4n) is 4.67. The van der Waals surface area contributed by atoms with E-state index in [2.05, 4.69) is 59.8 Å². The van der Waals surface area contributed by atoms with Crippen molar-refractivity contribution in [3.05, 3.63) is 94.0 Å². The Morgan fingerprint density at radius 1 is 0.886 bits per heavy atom. The van der Waals surface area contributed by atoms with E-state index in [0.717, 1.165) is 5.56 Å². The maximum Gasteiger partial charge on any atom is 0.335 e. The number of aryl methyl sites for hydroxylation is 1. The van der Waals surface area contributed by atoms with Gasteiger partial charge in [-0.1, -0.05) is 58.0 Å². The van der Waals surface area contributed by atoms with E-state index in [9.17, 15) is 4.79 Å². The second kappa shape index (κ2) is 9.99. The van der Waals surface area contributed by atoms with Gasteiger partial charge in [-0.3, -0.25) is 0 Å². The van der Waals surface area contributed by atoms with E-state index in [1.54, 1.807) is 36.4 Å². The topological polar surface area (TPSA) is 83.5 Å². The molecule has 4 nitrogen and oxygen atoms in total. The lowest BCUT2D eigenvalue weighted by molar-refractivity contribution is 0.0697. The molecular weight excluding hydrogens is 434 g/mol. The molecule has 0 saturated carbocycles. The first kappa shape index (κ1) is 26.1. The van der Waals surface area contributed by atoms with Crippen molar-refractivity contribution in [1.82, 2.24) is 0 Å². The lowest BCUT2D eigenvalue weighted by atomic mass is 9.62. The molecule has 1 aliphatic carbocycles. The standard InChI is InChI=1S/C25H30O2.C6H7NO/c1-16(13-18-7-9-19(10-8-18)23(26)27)20-15-22-21(14-17(20)2)24(3,4)11-12-25(22,5)6;7-5-1-3-6(8)4-2-5/h7-10,13-15H,11-12H2,1-6H3,(H,26,27);1-4,8H,7H2. The quantitative estimate of drug-likeness (QED) is 0.209. The third-order valence-corrected chi connectivity index (χ3v) is 7.06. The highest BCUT2D eigenvalue weighted by atomic mass is 16.4. The smallest absolute Gasteiger partial charge is 0.335 e. The molecule has 0 aromatic heterocycles. The fourth-order valence-corrected chi connectivity index (χ4v) is 4.67. The highest BCUT2D eigenvalue weighted by molar-refractivity contribution is 5.88. The van der Waals surface area contributed by atoms with E-state index < -0.39 is 5.97 Å². The predicted octanol–water partition coefficient (Wildman–Crippen LogP) is 7.58. The number of benzene rings is 3. The summed E-state index contributed by atoms with van der Waals surface area (Å²) in [7, 11) is 0. The van der Waals surface area contributed by atoms with Crippen LogP contribution in [0.1, 0.15) is 85.6 Å². The lowest BCUT2D eigenvalue weighted by Crippen LogP contribution is -2.34. The van der Waals surface area contributed by atoms with E-state index in [0.29, 0.717) is 11.3 Å². The molecule has 0 bridgehead atoms. The molecule has 4 heteroatoms. The van der Waals surface area contributed by atoms with E-state index in [4.69, 9.17) is 15.9 Å². The first-order valence-corrected chi connectivity index (χ1v) is 12.0. The Labute approximate surface area is 209 Å². The van der Waals surface area contributed by atoms with Crippen LogP contribution in [0, 0.1) is 6.92 Å². The lowest BCUT2D eigenvalue weighted by Gasteiger charge is -2.42. The van der Waals surface area contributed by atoms with Crippen molar-refractivity contribution in [3.63, 3.8) is 0 Å². The van der Waals surface area contributed by atoms with Crippen molar-refractivity contribution in [2.45, 2.75) is 65.2 Å². The summed E-state index contributed by atoms with van der Waals surface area (Å²) in [6.45, 7) is 13.7. The monoisotopic (exact) mass is 471 g/mol. The Morgan fingerprint density at radius 3 is 1.89 bits per heavy atom. The molecule has 0 heterocycles. The van der Waals surface area contributed by atoms with Crippen molar-refractivity contribution in [3.8, 4) is 5.75 Å². The predicted molar refractivity (Wildman–Crippen MR) is 146 cm³/mol. The number of nitrogen functional groups attached to an aromatic ring is 1. The van der Waals surface area contributed by atoms with Gasteiger partial charge in [0.2, 0.25) is 0 Å². The average Bonchev–Trinajstić information content (AvgIpc) is 2.79. The second-order valence-electron chi connectivity index (χ2n) is 10.8. The number of anilines is 1. The number of rotatable bonds is 3. The van der Waals surface area contributed by atoms with E-state index in [-0.39, 0.29) is 16.6 Å². The molecule has 0 fully saturated rings. The Kier molecular flexibility index (Phi) is 7.44. The number of hydrogen-bond acceptors (Lipinski definition) is 3. The number of aromatic hydroxyl groups is 1. The first-order valence-electron chi connectivity index (χ1n) is 12.0. The Balaban J connectivity index is 0.000000363. The van der Waals surface area contributed by atoms with Crippen molar-refractivity contribution in [1.29, 1.82) is 0 Å². The molecule has 35 heavy (non-hydrogen) atoms. The van der Waals surface area contributed by atoms with Crippen LogP contribution in [-0.2, 0) is 10.8 Å². The molecule has 0 atom stereocenters. The maximum atomic E-state index is 11.0. The summed E-state index contributed by atoms with van der Waals surface area (Å²) in [6.07, 6.45) is 4.56. The van der Waals surface area contributed by atoms with Gasteiger partial charge < -0.3 is 15.9 Å². The second-order valence-corrected chi connectivity index (χ2v) is 10.8. The molecule has 1 aliphatic rings. The number of carboxylic acids is 1. The summed E-state index contributed by atoms with van der Waals surface area (Å²) < 4.78 is 0. The van der Waals surface area contributed by atoms with Crippen LogP contribution in [0.3, 0.4) is 0 Å². The van der Waals surface area contributed by atoms with E-state index >= 15 is 0 Å². The Hall–Kier alpha value is -3.53. The summed E-state index contributed by atoms with van der Waals surface area (Å²) in [5.74, 6) is -0.642. The normalized spacial score (nSPS) is 16.0. The molecule has 3 aromatic rings. The highest BCUT2D eigenvalue weighted by Crippen LogP contribution is 2.47. The number of allylic oxidation sites excluding steroid dienone is 1. The van der Waals surface area contributed by atoms with Crippen molar-refractivity contribution >= 4 is 23.3 Å². The van der Waals surface area contributed by atoms with Gasteiger partial charge in [0.1, 0.15) is 5.75 Å². The summed E-state index contributed by atoms with van der Waals surface area (Å²) in [4.78, 5) is 11.0. The summed E-state index contributed by atoms with van der Waals surface area (Å²) in [5, 5.41) is 17.8. The molecule has 0 aliphatic heterocycles. The molecule has 184 valence electrons. The van der Waals surface area contributed by atoms with Gasteiger partial charge in [-0.15, -0.1) is 0 Å². The zero-order valence-electron chi connectivity index (χ0n) is 21.6. The number of fused-ring (bicyclic) bond motifs is 1. The molecule has 0 unspecified atom stereocenters. The number of hydrogen-bond donors (Lipinski definition) is 3. The van der Waals surface area contributed by atoms with Crippen LogP contribution in [0.25, 0.3) is 11.6 Å². The molecule has 4 rings (SSSR count). The van der Waals surface area contributed by atoms with Crippen molar-refractivity contribution in [2.75, 3.05) is 5.73 Å². The molecule has 3 aromatic carbocycles. The minimum atomic E-state index is -0.891. The summed E-state index contributed by atoms with van der Waals surface area (Å²) in [6, 6.07) is 18.2. The third kappa shape index (κ3) is 6.13. The number of carboxylic acid groups (broad SMARTS) is 1. The van der Waals surface area contributed by atoms with Crippen LogP contribution < -0.4 is 5.73 Å². The van der Waals surface area contributed by atoms with Gasteiger partial charge >= 0.3 is 5.97 Å². The van der Waals surface area contributed by atoms with Crippen LogP contribution in [0.2, 0.25) is 0 Å². The fraction of sp³-hybridized carbons (Fsp3) is 0.323. The van der Waals surface area contributed by atoms with Gasteiger partial charge in [0.15, 0.2) is 0 Å². The van der Waals surface area contributed by atoms with Gasteiger partial charge in [-0.05, 0) is 107 Å². The summed E-state index contributed by atoms with van der Waals surface area (Å²) >= 11 is 0. The Morgan fingerprint density at radius 2 is 1.40 bits per heavy atom. The molecule has 0 spiro atoms. The number of nitrogens with two attached hydrogens (primary N) is 1. The zero-order valence-corrected chi connectivity index (χ0v) is 21.6. The van der Waals surface area contributed by atoms with Crippen LogP contribution in [0.4, 0.5) is 5.69 Å². The first-order chi connectivity index (χ1) is 16.3. The van der Waals surface area contributed by atoms with Gasteiger partial charge in [0.25, 0.3) is 0 Å². The number of carbonyl (C=O) groups is 1. The zero-order chi connectivity index (χ0) is 26.0. The maximum absolute atomic E-state index is 11.0. The molecule has 0 amide bonds.